The summed E-state index contributed by atoms with van der Waals surface area (Å²) in [6.07, 6.45) is 3.78. The monoisotopic (exact) mass is 197 g/mol. The predicted molar refractivity (Wildman–Crippen MR) is 54.4 cm³/mol. The van der Waals surface area contributed by atoms with Crippen molar-refractivity contribution in [3.8, 4) is 5.75 Å². The van der Waals surface area contributed by atoms with Crippen LogP contribution >= 0.6 is 11.6 Å². The summed E-state index contributed by atoms with van der Waals surface area (Å²) in [5.74, 6) is 0.140. The van der Waals surface area contributed by atoms with Crippen molar-refractivity contribution < 1.29 is 5.11 Å². The molecule has 0 spiro atoms. The van der Waals surface area contributed by atoms with Gasteiger partial charge < -0.3 is 10.4 Å². The van der Waals surface area contributed by atoms with Gasteiger partial charge in [0.15, 0.2) is 0 Å². The van der Waals surface area contributed by atoms with Crippen molar-refractivity contribution in [1.82, 2.24) is 0 Å². The first-order valence-electron chi connectivity index (χ1n) is 4.51. The molecule has 0 heterocycles. The number of benzene rings is 1. The van der Waals surface area contributed by atoms with Gasteiger partial charge in [-0.15, -0.1) is 0 Å². The lowest BCUT2D eigenvalue weighted by atomic mass is 9.93. The first-order valence-corrected chi connectivity index (χ1v) is 4.88. The van der Waals surface area contributed by atoms with Crippen LogP contribution < -0.4 is 5.32 Å². The summed E-state index contributed by atoms with van der Waals surface area (Å²) >= 11 is 5.77. The quantitative estimate of drug-likeness (QED) is 0.715. The lowest BCUT2D eigenvalue weighted by molar-refractivity contribution is 0.445. The van der Waals surface area contributed by atoms with E-state index in [9.17, 15) is 5.11 Å². The zero-order valence-electron chi connectivity index (χ0n) is 7.26. The normalized spacial score (nSPS) is 16.7. The maximum atomic E-state index is 9.19. The van der Waals surface area contributed by atoms with Crippen molar-refractivity contribution in [1.29, 1.82) is 0 Å². The van der Waals surface area contributed by atoms with E-state index in [0.717, 1.165) is 5.69 Å². The number of hydrogen-bond donors (Lipinski definition) is 2. The van der Waals surface area contributed by atoms with Crippen LogP contribution in [0, 0.1) is 0 Å². The van der Waals surface area contributed by atoms with E-state index in [1.807, 2.05) is 6.07 Å². The van der Waals surface area contributed by atoms with E-state index >= 15 is 0 Å². The summed E-state index contributed by atoms with van der Waals surface area (Å²) < 4.78 is 0. The molecule has 70 valence electrons. The van der Waals surface area contributed by atoms with Crippen molar-refractivity contribution in [2.45, 2.75) is 25.3 Å². The first kappa shape index (κ1) is 8.70. The van der Waals surface area contributed by atoms with Gasteiger partial charge in [-0.3, -0.25) is 0 Å². The van der Waals surface area contributed by atoms with E-state index in [-0.39, 0.29) is 5.75 Å². The van der Waals surface area contributed by atoms with Gasteiger partial charge in [0.25, 0.3) is 0 Å². The molecule has 2 nitrogen and oxygen atoms in total. The highest BCUT2D eigenvalue weighted by Gasteiger charge is 2.16. The Kier molecular flexibility index (Phi) is 2.32. The van der Waals surface area contributed by atoms with Gasteiger partial charge >= 0.3 is 0 Å². The van der Waals surface area contributed by atoms with Gasteiger partial charge in [-0.2, -0.15) is 0 Å². The van der Waals surface area contributed by atoms with Crippen LogP contribution in [-0.4, -0.2) is 11.1 Å². The highest BCUT2D eigenvalue weighted by atomic mass is 35.5. The molecule has 1 aromatic rings. The Balaban J connectivity index is 2.07. The van der Waals surface area contributed by atoms with E-state index in [0.29, 0.717) is 11.1 Å². The molecule has 0 bridgehead atoms. The molecule has 1 aliphatic rings. The molecule has 0 aliphatic heterocycles. The van der Waals surface area contributed by atoms with Gasteiger partial charge in [0.05, 0.1) is 5.02 Å². The number of hydrogen-bond acceptors (Lipinski definition) is 2. The molecule has 13 heavy (non-hydrogen) atoms. The minimum Gasteiger partial charge on any atom is -0.506 e. The number of phenols is 1. The molecule has 0 aromatic heterocycles. The molecule has 1 saturated carbocycles. The van der Waals surface area contributed by atoms with E-state index in [1.54, 1.807) is 12.1 Å². The van der Waals surface area contributed by atoms with E-state index in [1.165, 1.54) is 19.3 Å². The third-order valence-electron chi connectivity index (χ3n) is 2.42. The van der Waals surface area contributed by atoms with E-state index in [4.69, 9.17) is 11.6 Å². The molecule has 2 N–H and O–H groups in total. The Bertz CT molecular complexity index is 310. The molecule has 1 aliphatic carbocycles. The fourth-order valence-electron chi connectivity index (χ4n) is 1.38. The molecule has 3 heteroatoms. The van der Waals surface area contributed by atoms with Crippen molar-refractivity contribution in [3.63, 3.8) is 0 Å². The molecule has 0 radical (unpaired) electrons. The summed E-state index contributed by atoms with van der Waals surface area (Å²) in [5, 5.41) is 12.9. The van der Waals surface area contributed by atoms with Gasteiger partial charge in [-0.25, -0.2) is 0 Å². The maximum absolute atomic E-state index is 9.19. The zero-order valence-corrected chi connectivity index (χ0v) is 8.01. The molecule has 1 aromatic carbocycles. The van der Waals surface area contributed by atoms with Crippen LogP contribution in [0.15, 0.2) is 18.2 Å². The van der Waals surface area contributed by atoms with Crippen LogP contribution in [0.4, 0.5) is 5.69 Å². The molecule has 0 saturated heterocycles. The number of anilines is 1. The van der Waals surface area contributed by atoms with Gasteiger partial charge in [0.2, 0.25) is 0 Å². The fraction of sp³-hybridized carbons (Fsp3) is 0.400. The molecule has 0 amide bonds. The smallest absolute Gasteiger partial charge is 0.134 e. The van der Waals surface area contributed by atoms with Crippen LogP contribution in [0.3, 0.4) is 0 Å². The Morgan fingerprint density at radius 2 is 2.15 bits per heavy atom. The van der Waals surface area contributed by atoms with Gasteiger partial charge in [-0.05, 0) is 37.5 Å². The van der Waals surface area contributed by atoms with Gasteiger partial charge in [-0.1, -0.05) is 11.6 Å². The summed E-state index contributed by atoms with van der Waals surface area (Å²) in [7, 11) is 0. The fourth-order valence-corrected chi connectivity index (χ4v) is 1.57. The number of aromatic hydroxyl groups is 1. The van der Waals surface area contributed by atoms with E-state index < -0.39 is 0 Å². The highest BCUT2D eigenvalue weighted by molar-refractivity contribution is 6.32. The van der Waals surface area contributed by atoms with E-state index in [2.05, 4.69) is 5.32 Å². The van der Waals surface area contributed by atoms with Gasteiger partial charge in [0, 0.05) is 11.7 Å². The van der Waals surface area contributed by atoms with Crippen LogP contribution in [0.5, 0.6) is 5.75 Å². The molecule has 0 unspecified atom stereocenters. The number of phenolic OH excluding ortho intramolecular Hbond substituents is 1. The summed E-state index contributed by atoms with van der Waals surface area (Å²) in [5.41, 5.74) is 0.993. The maximum Gasteiger partial charge on any atom is 0.134 e. The lowest BCUT2D eigenvalue weighted by Gasteiger charge is -2.27. The first-order chi connectivity index (χ1) is 6.25. The number of halogens is 1. The highest BCUT2D eigenvalue weighted by Crippen LogP contribution is 2.29. The minimum atomic E-state index is 0.140. The Morgan fingerprint density at radius 1 is 1.38 bits per heavy atom. The second-order valence-corrected chi connectivity index (χ2v) is 3.85. The average molecular weight is 198 g/mol. The van der Waals surface area contributed by atoms with Crippen molar-refractivity contribution in [2.75, 3.05) is 5.32 Å². The minimum absolute atomic E-state index is 0.140. The number of nitrogens with one attached hydrogen (secondary N) is 1. The standard InChI is InChI=1S/C10H12ClNO/c11-9-6-8(4-5-10(9)13)12-7-2-1-3-7/h4-7,12-13H,1-3H2. The second kappa shape index (κ2) is 3.46. The Morgan fingerprint density at radius 3 is 2.69 bits per heavy atom. The van der Waals surface area contributed by atoms with Crippen LogP contribution in [-0.2, 0) is 0 Å². The summed E-state index contributed by atoms with van der Waals surface area (Å²) in [6, 6.07) is 5.82. The van der Waals surface area contributed by atoms with Crippen LogP contribution in [0.1, 0.15) is 19.3 Å². The molecular weight excluding hydrogens is 186 g/mol. The molecular formula is C10H12ClNO. The SMILES string of the molecule is Oc1ccc(NC2CCC2)cc1Cl. The number of rotatable bonds is 2. The Labute approximate surface area is 82.5 Å². The third kappa shape index (κ3) is 1.89. The molecule has 1 fully saturated rings. The van der Waals surface area contributed by atoms with Gasteiger partial charge in [0.1, 0.15) is 5.75 Å². The summed E-state index contributed by atoms with van der Waals surface area (Å²) in [6.45, 7) is 0. The largest absolute Gasteiger partial charge is 0.506 e. The van der Waals surface area contributed by atoms with Crippen LogP contribution in [0.2, 0.25) is 5.02 Å². The summed E-state index contributed by atoms with van der Waals surface area (Å²) in [4.78, 5) is 0. The zero-order chi connectivity index (χ0) is 9.26. The molecule has 0 atom stereocenters. The molecule has 2 rings (SSSR count). The third-order valence-corrected chi connectivity index (χ3v) is 2.73. The topological polar surface area (TPSA) is 32.3 Å². The van der Waals surface area contributed by atoms with Crippen molar-refractivity contribution in [3.05, 3.63) is 23.2 Å². The van der Waals surface area contributed by atoms with Crippen molar-refractivity contribution >= 4 is 17.3 Å². The average Bonchev–Trinajstić information content (AvgIpc) is 2.04. The van der Waals surface area contributed by atoms with Crippen molar-refractivity contribution in [2.24, 2.45) is 0 Å². The lowest BCUT2D eigenvalue weighted by Crippen LogP contribution is -2.26. The second-order valence-electron chi connectivity index (χ2n) is 3.44. The Hall–Kier alpha value is -0.890. The predicted octanol–water partition coefficient (Wildman–Crippen LogP) is 3.01. The van der Waals surface area contributed by atoms with Crippen LogP contribution in [0.25, 0.3) is 0 Å².